The number of thioether (sulfide) groups is 1. The molecule has 2 aliphatic rings. The summed E-state index contributed by atoms with van der Waals surface area (Å²) < 4.78 is 0.747. The standard InChI is InChI=1S/C22H28N4O2S2/c1-15(29-22-24-23-21(30-22)26(16(2)27)19-8-9-19)20(28)25-12-10-18(11-13-25)14-17-6-4-3-5-7-17/h3-7,15,18-19H,8-14H2,1-2H3. The lowest BCUT2D eigenvalue weighted by Gasteiger charge is -2.33. The molecule has 0 radical (unpaired) electrons. The number of hydrogen-bond donors (Lipinski definition) is 0. The van der Waals surface area contributed by atoms with E-state index in [2.05, 4.69) is 34.5 Å². The molecule has 1 saturated heterocycles. The monoisotopic (exact) mass is 444 g/mol. The van der Waals surface area contributed by atoms with Crippen molar-refractivity contribution in [2.45, 2.75) is 61.6 Å². The predicted molar refractivity (Wildman–Crippen MR) is 121 cm³/mol. The maximum absolute atomic E-state index is 12.9. The molecule has 30 heavy (non-hydrogen) atoms. The molecule has 1 aliphatic carbocycles. The van der Waals surface area contributed by atoms with Crippen molar-refractivity contribution in [3.63, 3.8) is 0 Å². The van der Waals surface area contributed by atoms with Gasteiger partial charge in [0.1, 0.15) is 0 Å². The van der Waals surface area contributed by atoms with Gasteiger partial charge in [0.15, 0.2) is 4.34 Å². The molecule has 8 heteroatoms. The summed E-state index contributed by atoms with van der Waals surface area (Å²) in [6.45, 7) is 5.15. The summed E-state index contributed by atoms with van der Waals surface area (Å²) in [5.74, 6) is 0.818. The number of nitrogens with zero attached hydrogens (tertiary/aromatic N) is 4. The second-order valence-corrected chi connectivity index (χ2v) is 10.7. The number of carbonyl (C=O) groups excluding carboxylic acids is 2. The van der Waals surface area contributed by atoms with E-state index < -0.39 is 0 Å². The molecule has 160 valence electrons. The van der Waals surface area contributed by atoms with Gasteiger partial charge in [-0.3, -0.25) is 14.5 Å². The molecular formula is C22H28N4O2S2. The Balaban J connectivity index is 1.28. The SMILES string of the molecule is CC(=O)N(c1nnc(SC(C)C(=O)N2CCC(Cc3ccccc3)CC2)s1)C1CC1. The Labute approximate surface area is 186 Å². The molecule has 4 rings (SSSR count). The molecule has 1 saturated carbocycles. The van der Waals surface area contributed by atoms with Gasteiger partial charge in [-0.25, -0.2) is 0 Å². The van der Waals surface area contributed by atoms with Gasteiger partial charge in [0.2, 0.25) is 16.9 Å². The van der Waals surface area contributed by atoms with Crippen molar-refractivity contribution >= 4 is 40.0 Å². The number of rotatable bonds is 7. The molecule has 1 aromatic carbocycles. The zero-order valence-corrected chi connectivity index (χ0v) is 19.1. The van der Waals surface area contributed by atoms with Gasteiger partial charge in [-0.1, -0.05) is 53.4 Å². The Morgan fingerprint density at radius 3 is 2.50 bits per heavy atom. The third kappa shape index (κ3) is 5.21. The van der Waals surface area contributed by atoms with Crippen LogP contribution < -0.4 is 4.90 Å². The van der Waals surface area contributed by atoms with E-state index >= 15 is 0 Å². The molecule has 1 aliphatic heterocycles. The van der Waals surface area contributed by atoms with Crippen molar-refractivity contribution < 1.29 is 9.59 Å². The lowest BCUT2D eigenvalue weighted by Crippen LogP contribution is -2.42. The summed E-state index contributed by atoms with van der Waals surface area (Å²) in [5, 5.41) is 8.87. The molecule has 1 atom stereocenters. The molecule has 0 spiro atoms. The van der Waals surface area contributed by atoms with Gasteiger partial charge < -0.3 is 4.90 Å². The van der Waals surface area contributed by atoms with Crippen LogP contribution in [0.1, 0.15) is 45.1 Å². The van der Waals surface area contributed by atoms with E-state index in [1.54, 1.807) is 11.8 Å². The summed E-state index contributed by atoms with van der Waals surface area (Å²) in [6.07, 6.45) is 5.24. The van der Waals surface area contributed by atoms with Gasteiger partial charge >= 0.3 is 0 Å². The van der Waals surface area contributed by atoms with Crippen molar-refractivity contribution in [2.75, 3.05) is 18.0 Å². The largest absolute Gasteiger partial charge is 0.342 e. The van der Waals surface area contributed by atoms with Gasteiger partial charge in [-0.15, -0.1) is 10.2 Å². The number of piperidine rings is 1. The Morgan fingerprint density at radius 2 is 1.87 bits per heavy atom. The van der Waals surface area contributed by atoms with Gasteiger partial charge in [-0.05, 0) is 50.5 Å². The number of hydrogen-bond acceptors (Lipinski definition) is 6. The maximum atomic E-state index is 12.9. The van der Waals surface area contributed by atoms with E-state index in [0.29, 0.717) is 11.0 Å². The summed E-state index contributed by atoms with van der Waals surface area (Å²) in [6, 6.07) is 10.9. The maximum Gasteiger partial charge on any atom is 0.235 e. The smallest absolute Gasteiger partial charge is 0.235 e. The van der Waals surface area contributed by atoms with Crippen LogP contribution in [0, 0.1) is 5.92 Å². The van der Waals surface area contributed by atoms with Crippen molar-refractivity contribution in [3.8, 4) is 0 Å². The summed E-state index contributed by atoms with van der Waals surface area (Å²) in [7, 11) is 0. The van der Waals surface area contributed by atoms with Crippen LogP contribution in [0.4, 0.5) is 5.13 Å². The van der Waals surface area contributed by atoms with Crippen LogP contribution >= 0.6 is 23.1 Å². The number of anilines is 1. The van der Waals surface area contributed by atoms with Gasteiger partial charge in [0.25, 0.3) is 0 Å². The first-order chi connectivity index (χ1) is 14.5. The van der Waals surface area contributed by atoms with E-state index in [1.165, 1.54) is 28.7 Å². The van der Waals surface area contributed by atoms with E-state index in [1.807, 2.05) is 17.9 Å². The van der Waals surface area contributed by atoms with E-state index in [0.717, 1.165) is 49.5 Å². The minimum Gasteiger partial charge on any atom is -0.342 e. The second kappa shape index (κ2) is 9.47. The second-order valence-electron chi connectivity index (χ2n) is 8.19. The highest BCUT2D eigenvalue weighted by atomic mass is 32.2. The Bertz CT molecular complexity index is 876. The third-order valence-electron chi connectivity index (χ3n) is 5.77. The quantitative estimate of drug-likeness (QED) is 0.477. The van der Waals surface area contributed by atoms with Gasteiger partial charge in [-0.2, -0.15) is 0 Å². The molecule has 2 heterocycles. The molecule has 2 amide bonds. The summed E-state index contributed by atoms with van der Waals surface area (Å²) >= 11 is 2.85. The van der Waals surface area contributed by atoms with Crippen molar-refractivity contribution in [3.05, 3.63) is 35.9 Å². The minimum atomic E-state index is -0.205. The summed E-state index contributed by atoms with van der Waals surface area (Å²) in [4.78, 5) is 28.6. The molecule has 0 N–H and O–H groups in total. The van der Waals surface area contributed by atoms with Crippen LogP contribution in [0.15, 0.2) is 34.7 Å². The highest BCUT2D eigenvalue weighted by Gasteiger charge is 2.34. The van der Waals surface area contributed by atoms with Crippen LogP contribution in [0.2, 0.25) is 0 Å². The van der Waals surface area contributed by atoms with Crippen LogP contribution in [0.5, 0.6) is 0 Å². The average Bonchev–Trinajstić information content (AvgIpc) is 3.47. The van der Waals surface area contributed by atoms with Gasteiger partial charge in [0, 0.05) is 26.1 Å². The Morgan fingerprint density at radius 1 is 1.17 bits per heavy atom. The zero-order chi connectivity index (χ0) is 21.1. The lowest BCUT2D eigenvalue weighted by molar-refractivity contribution is -0.131. The topological polar surface area (TPSA) is 66.4 Å². The number of carbonyl (C=O) groups is 2. The van der Waals surface area contributed by atoms with E-state index in [-0.39, 0.29) is 23.1 Å². The first kappa shape index (κ1) is 21.3. The average molecular weight is 445 g/mol. The number of amides is 2. The molecular weight excluding hydrogens is 416 g/mol. The fourth-order valence-electron chi connectivity index (χ4n) is 3.99. The normalized spacial score (nSPS) is 18.3. The molecule has 1 aromatic heterocycles. The number of benzene rings is 1. The van der Waals surface area contributed by atoms with Crippen molar-refractivity contribution in [1.82, 2.24) is 15.1 Å². The Hall–Kier alpha value is -1.93. The minimum absolute atomic E-state index is 0.00713. The number of likely N-dealkylation sites (tertiary alicyclic amines) is 1. The molecule has 6 nitrogen and oxygen atoms in total. The first-order valence-corrected chi connectivity index (χ1v) is 12.3. The molecule has 0 bridgehead atoms. The Kier molecular flexibility index (Phi) is 6.73. The van der Waals surface area contributed by atoms with Crippen LogP contribution in [0.3, 0.4) is 0 Å². The number of aromatic nitrogens is 2. The van der Waals surface area contributed by atoms with E-state index in [9.17, 15) is 9.59 Å². The van der Waals surface area contributed by atoms with Gasteiger partial charge in [0.05, 0.1) is 5.25 Å². The van der Waals surface area contributed by atoms with Crippen LogP contribution in [-0.2, 0) is 16.0 Å². The van der Waals surface area contributed by atoms with Crippen LogP contribution in [0.25, 0.3) is 0 Å². The zero-order valence-electron chi connectivity index (χ0n) is 17.5. The lowest BCUT2D eigenvalue weighted by atomic mass is 9.90. The highest BCUT2D eigenvalue weighted by Crippen LogP contribution is 2.37. The summed E-state index contributed by atoms with van der Waals surface area (Å²) in [5.41, 5.74) is 1.38. The molecule has 2 fully saturated rings. The van der Waals surface area contributed by atoms with Crippen molar-refractivity contribution in [1.29, 1.82) is 0 Å². The van der Waals surface area contributed by atoms with Crippen LogP contribution in [-0.4, -0.2) is 51.3 Å². The van der Waals surface area contributed by atoms with Crippen molar-refractivity contribution in [2.24, 2.45) is 5.92 Å². The molecule has 2 aromatic rings. The third-order valence-corrected chi connectivity index (χ3v) is 7.87. The highest BCUT2D eigenvalue weighted by molar-refractivity contribution is 8.02. The first-order valence-electron chi connectivity index (χ1n) is 10.6. The predicted octanol–water partition coefficient (Wildman–Crippen LogP) is 4.02. The fourth-order valence-corrected chi connectivity index (χ4v) is 6.18. The van der Waals surface area contributed by atoms with E-state index in [4.69, 9.17) is 0 Å². The fraction of sp³-hybridized carbons (Fsp3) is 0.545. The molecule has 1 unspecified atom stereocenters.